The number of fused-ring (bicyclic) bond motifs is 2. The van der Waals surface area contributed by atoms with Crippen molar-refractivity contribution in [3.63, 3.8) is 0 Å². The zero-order valence-corrected chi connectivity index (χ0v) is 11.7. The molecule has 1 saturated carbocycles. The van der Waals surface area contributed by atoms with Crippen molar-refractivity contribution in [1.29, 1.82) is 0 Å². The molecule has 0 radical (unpaired) electrons. The Hall–Kier alpha value is 0.650. The van der Waals surface area contributed by atoms with Gasteiger partial charge in [-0.2, -0.15) is 0 Å². The summed E-state index contributed by atoms with van der Waals surface area (Å²) in [6, 6.07) is 2.71. The van der Waals surface area contributed by atoms with Crippen molar-refractivity contribution in [3.8, 4) is 0 Å². The number of likely N-dealkylation sites (N-methyl/N-ethyl adjacent to an activating group) is 1. The summed E-state index contributed by atoms with van der Waals surface area (Å²) in [4.78, 5) is 5.38. The third kappa shape index (κ3) is 1.95. The highest BCUT2D eigenvalue weighted by molar-refractivity contribution is 14.1. The smallest absolute Gasteiger partial charge is 0.0239 e. The first-order valence-corrected chi connectivity index (χ1v) is 7.58. The summed E-state index contributed by atoms with van der Waals surface area (Å²) in [5.41, 5.74) is 0. The van der Waals surface area contributed by atoms with Crippen molar-refractivity contribution in [1.82, 2.24) is 9.80 Å². The van der Waals surface area contributed by atoms with Crippen LogP contribution in [-0.4, -0.2) is 52.0 Å². The summed E-state index contributed by atoms with van der Waals surface area (Å²) in [5.74, 6) is 0. The van der Waals surface area contributed by atoms with Crippen molar-refractivity contribution in [2.45, 2.75) is 54.2 Å². The molecule has 3 aliphatic heterocycles. The zero-order chi connectivity index (χ0) is 10.4. The molecule has 86 valence electrons. The second-order valence-corrected chi connectivity index (χ2v) is 7.33. The van der Waals surface area contributed by atoms with E-state index in [4.69, 9.17) is 0 Å². The first kappa shape index (κ1) is 10.8. The maximum absolute atomic E-state index is 2.79. The van der Waals surface area contributed by atoms with Gasteiger partial charge in [0.2, 0.25) is 0 Å². The van der Waals surface area contributed by atoms with Gasteiger partial charge in [-0.25, -0.2) is 0 Å². The molecule has 3 heteroatoms. The van der Waals surface area contributed by atoms with Gasteiger partial charge in [0.05, 0.1) is 0 Å². The number of piperidine rings is 1. The summed E-state index contributed by atoms with van der Waals surface area (Å²) >= 11 is 2.63. The van der Waals surface area contributed by atoms with Gasteiger partial charge in [0, 0.05) is 35.1 Å². The molecule has 2 bridgehead atoms. The Morgan fingerprint density at radius 3 is 2.07 bits per heavy atom. The van der Waals surface area contributed by atoms with E-state index in [0.29, 0.717) is 0 Å². The Bertz CT molecular complexity index is 226. The SMILES string of the molecule is CN1C2CC1CN(C1CCC(I)CC1)C2. The van der Waals surface area contributed by atoms with Gasteiger partial charge >= 0.3 is 0 Å². The molecule has 3 saturated heterocycles. The average molecular weight is 320 g/mol. The molecule has 2 nitrogen and oxygen atoms in total. The molecule has 2 atom stereocenters. The fourth-order valence-corrected chi connectivity index (χ4v) is 4.25. The van der Waals surface area contributed by atoms with Crippen LogP contribution in [0.1, 0.15) is 32.1 Å². The number of alkyl halides is 1. The molecule has 4 fully saturated rings. The van der Waals surface area contributed by atoms with E-state index in [1.165, 1.54) is 45.2 Å². The van der Waals surface area contributed by atoms with Gasteiger partial charge in [-0.15, -0.1) is 0 Å². The molecule has 0 aromatic heterocycles. The summed E-state index contributed by atoms with van der Waals surface area (Å²) in [5, 5.41) is 0. The maximum atomic E-state index is 2.79. The Labute approximate surface area is 107 Å². The van der Waals surface area contributed by atoms with Crippen molar-refractivity contribution in [2.24, 2.45) is 0 Å². The third-order valence-corrected chi connectivity index (χ3v) is 5.97. The molecule has 1 aliphatic carbocycles. The predicted molar refractivity (Wildman–Crippen MR) is 71.6 cm³/mol. The van der Waals surface area contributed by atoms with E-state index >= 15 is 0 Å². The maximum Gasteiger partial charge on any atom is 0.0239 e. The summed E-state index contributed by atoms with van der Waals surface area (Å²) < 4.78 is 0.959. The summed E-state index contributed by atoms with van der Waals surface area (Å²) in [6.07, 6.45) is 7.28. The number of hydrogen-bond acceptors (Lipinski definition) is 2. The van der Waals surface area contributed by atoms with E-state index < -0.39 is 0 Å². The fourth-order valence-electron chi connectivity index (χ4n) is 3.53. The lowest BCUT2D eigenvalue weighted by molar-refractivity contribution is -0.0694. The minimum Gasteiger partial charge on any atom is -0.298 e. The first-order valence-electron chi connectivity index (χ1n) is 6.34. The van der Waals surface area contributed by atoms with Crippen LogP contribution in [0.2, 0.25) is 0 Å². The van der Waals surface area contributed by atoms with Gasteiger partial charge in [-0.3, -0.25) is 9.80 Å². The van der Waals surface area contributed by atoms with E-state index in [1.54, 1.807) is 0 Å². The van der Waals surface area contributed by atoms with E-state index in [0.717, 1.165) is 22.1 Å². The van der Waals surface area contributed by atoms with Crippen LogP contribution >= 0.6 is 22.6 Å². The monoisotopic (exact) mass is 320 g/mol. The Kier molecular flexibility index (Phi) is 2.98. The average Bonchev–Trinajstić information content (AvgIpc) is 2.29. The summed E-state index contributed by atoms with van der Waals surface area (Å²) in [7, 11) is 2.30. The minimum atomic E-state index is 0.890. The van der Waals surface area contributed by atoms with Crippen molar-refractivity contribution in [3.05, 3.63) is 0 Å². The molecular weight excluding hydrogens is 299 g/mol. The van der Waals surface area contributed by atoms with Gasteiger partial charge in [-0.05, 0) is 39.2 Å². The van der Waals surface area contributed by atoms with Gasteiger partial charge in [-0.1, -0.05) is 22.6 Å². The molecule has 0 spiro atoms. The standard InChI is InChI=1S/C12H21IN2/c1-14-11-6-12(14)8-15(7-11)10-4-2-9(13)3-5-10/h9-12H,2-8H2,1H3. The van der Waals surface area contributed by atoms with Gasteiger partial charge in [0.15, 0.2) is 0 Å². The minimum absolute atomic E-state index is 0.890. The molecule has 4 rings (SSSR count). The molecular formula is C12H21IN2. The normalized spacial score (nSPS) is 47.6. The van der Waals surface area contributed by atoms with Crippen molar-refractivity contribution >= 4 is 22.6 Å². The van der Waals surface area contributed by atoms with Crippen LogP contribution < -0.4 is 0 Å². The summed E-state index contributed by atoms with van der Waals surface area (Å²) in [6.45, 7) is 2.70. The van der Waals surface area contributed by atoms with Crippen LogP contribution in [0, 0.1) is 0 Å². The largest absolute Gasteiger partial charge is 0.298 e. The van der Waals surface area contributed by atoms with E-state index in [-0.39, 0.29) is 0 Å². The molecule has 15 heavy (non-hydrogen) atoms. The molecule has 0 aromatic rings. The van der Waals surface area contributed by atoms with E-state index in [9.17, 15) is 0 Å². The topological polar surface area (TPSA) is 6.48 Å². The van der Waals surface area contributed by atoms with Gasteiger partial charge in [0.1, 0.15) is 0 Å². The third-order valence-electron chi connectivity index (χ3n) is 4.73. The second-order valence-electron chi connectivity index (χ2n) is 5.57. The van der Waals surface area contributed by atoms with Crippen LogP contribution in [-0.2, 0) is 0 Å². The Balaban J connectivity index is 1.56. The van der Waals surface area contributed by atoms with Crippen LogP contribution in [0.4, 0.5) is 0 Å². The molecule has 2 unspecified atom stereocenters. The highest BCUT2D eigenvalue weighted by Crippen LogP contribution is 2.35. The zero-order valence-electron chi connectivity index (χ0n) is 9.53. The van der Waals surface area contributed by atoms with Gasteiger partial charge < -0.3 is 0 Å². The number of halogens is 1. The van der Waals surface area contributed by atoms with E-state index in [2.05, 4.69) is 39.4 Å². The lowest BCUT2D eigenvalue weighted by Crippen LogP contribution is -2.68. The van der Waals surface area contributed by atoms with Crippen molar-refractivity contribution in [2.75, 3.05) is 20.1 Å². The van der Waals surface area contributed by atoms with Crippen LogP contribution in [0.15, 0.2) is 0 Å². The van der Waals surface area contributed by atoms with Gasteiger partial charge in [0.25, 0.3) is 0 Å². The molecule has 0 N–H and O–H groups in total. The van der Waals surface area contributed by atoms with Crippen molar-refractivity contribution < 1.29 is 0 Å². The number of piperazine rings is 1. The molecule has 4 aliphatic rings. The van der Waals surface area contributed by atoms with E-state index in [1.807, 2.05) is 0 Å². The Morgan fingerprint density at radius 2 is 1.53 bits per heavy atom. The Morgan fingerprint density at radius 1 is 0.933 bits per heavy atom. The van der Waals surface area contributed by atoms with Crippen LogP contribution in [0.3, 0.4) is 0 Å². The predicted octanol–water partition coefficient (Wildman–Crippen LogP) is 2.12. The number of hydrogen-bond donors (Lipinski definition) is 0. The lowest BCUT2D eigenvalue weighted by Gasteiger charge is -2.57. The first-order chi connectivity index (χ1) is 7.24. The highest BCUT2D eigenvalue weighted by atomic mass is 127. The second kappa shape index (κ2) is 4.15. The fraction of sp³-hybridized carbons (Fsp3) is 1.00. The lowest BCUT2D eigenvalue weighted by atomic mass is 9.85. The quantitative estimate of drug-likeness (QED) is 0.539. The molecule has 0 amide bonds. The highest BCUT2D eigenvalue weighted by Gasteiger charge is 2.43. The molecule has 3 heterocycles. The molecule has 0 aromatic carbocycles. The number of nitrogens with zero attached hydrogens (tertiary/aromatic N) is 2. The van der Waals surface area contributed by atoms with Crippen LogP contribution in [0.25, 0.3) is 0 Å². The van der Waals surface area contributed by atoms with Crippen LogP contribution in [0.5, 0.6) is 0 Å². The number of rotatable bonds is 1.